The Labute approximate surface area is 115 Å². The van der Waals surface area contributed by atoms with Gasteiger partial charge in [-0.3, -0.25) is 4.90 Å². The van der Waals surface area contributed by atoms with E-state index in [4.69, 9.17) is 5.73 Å². The smallest absolute Gasteiger partial charge is 0.0566 e. The van der Waals surface area contributed by atoms with Crippen molar-refractivity contribution in [2.24, 2.45) is 5.73 Å². The normalized spacial score (nSPS) is 20.0. The van der Waals surface area contributed by atoms with Gasteiger partial charge in [-0.15, -0.1) is 11.3 Å². The lowest BCUT2D eigenvalue weighted by Gasteiger charge is -2.34. The molecule has 0 aliphatic heterocycles. The van der Waals surface area contributed by atoms with Gasteiger partial charge in [0.05, 0.1) is 6.04 Å². The van der Waals surface area contributed by atoms with Crippen LogP contribution in [-0.2, 0) is 0 Å². The van der Waals surface area contributed by atoms with Crippen molar-refractivity contribution in [1.29, 1.82) is 0 Å². The molecule has 1 heterocycles. The Balaban J connectivity index is 2.09. The number of nitrogens with zero attached hydrogens (tertiary/aromatic N) is 1. The summed E-state index contributed by atoms with van der Waals surface area (Å²) in [5.74, 6) is 0. The zero-order valence-electron chi connectivity index (χ0n) is 11.7. The molecular weight excluding hydrogens is 240 g/mol. The first-order valence-corrected chi connectivity index (χ1v) is 8.08. The molecule has 0 saturated heterocycles. The third-order valence-corrected chi connectivity index (χ3v) is 5.44. The number of aryl methyl sites for hydroxylation is 1. The van der Waals surface area contributed by atoms with Crippen LogP contribution in [-0.4, -0.2) is 24.5 Å². The second kappa shape index (κ2) is 6.69. The molecule has 1 aromatic rings. The Kier molecular flexibility index (Phi) is 5.22. The summed E-state index contributed by atoms with van der Waals surface area (Å²) >= 11 is 1.86. The van der Waals surface area contributed by atoms with Crippen LogP contribution in [0.3, 0.4) is 0 Å². The van der Waals surface area contributed by atoms with E-state index in [1.165, 1.54) is 49.0 Å². The van der Waals surface area contributed by atoms with Crippen LogP contribution in [0.2, 0.25) is 0 Å². The van der Waals surface area contributed by atoms with Crippen LogP contribution in [0, 0.1) is 6.92 Å². The van der Waals surface area contributed by atoms with Crippen molar-refractivity contribution in [3.63, 3.8) is 0 Å². The summed E-state index contributed by atoms with van der Waals surface area (Å²) in [6.45, 7) is 2.93. The minimum Gasteiger partial charge on any atom is -0.329 e. The molecule has 3 heteroatoms. The fourth-order valence-corrected chi connectivity index (χ4v) is 4.20. The van der Waals surface area contributed by atoms with Gasteiger partial charge in [0.15, 0.2) is 0 Å². The molecule has 2 N–H and O–H groups in total. The summed E-state index contributed by atoms with van der Waals surface area (Å²) in [6, 6.07) is 3.35. The van der Waals surface area contributed by atoms with E-state index in [0.29, 0.717) is 6.04 Å². The molecule has 0 spiro atoms. The number of nitrogens with two attached hydrogens (primary N) is 1. The van der Waals surface area contributed by atoms with Crippen molar-refractivity contribution in [3.8, 4) is 0 Å². The van der Waals surface area contributed by atoms with Gasteiger partial charge in [-0.25, -0.2) is 0 Å². The van der Waals surface area contributed by atoms with Crippen molar-refractivity contribution < 1.29 is 0 Å². The van der Waals surface area contributed by atoms with Crippen molar-refractivity contribution >= 4 is 11.3 Å². The van der Waals surface area contributed by atoms with E-state index < -0.39 is 0 Å². The van der Waals surface area contributed by atoms with Gasteiger partial charge in [0.2, 0.25) is 0 Å². The molecule has 1 aliphatic carbocycles. The van der Waals surface area contributed by atoms with Crippen molar-refractivity contribution in [2.75, 3.05) is 13.6 Å². The van der Waals surface area contributed by atoms with E-state index in [1.807, 2.05) is 11.3 Å². The van der Waals surface area contributed by atoms with E-state index in [1.54, 1.807) is 0 Å². The Bertz CT molecular complexity index is 353. The Morgan fingerprint density at radius 3 is 2.50 bits per heavy atom. The van der Waals surface area contributed by atoms with Crippen LogP contribution in [0.4, 0.5) is 0 Å². The molecule has 1 unspecified atom stereocenters. The topological polar surface area (TPSA) is 29.3 Å². The minimum absolute atomic E-state index is 0.410. The molecule has 1 aliphatic rings. The summed E-state index contributed by atoms with van der Waals surface area (Å²) in [5.41, 5.74) is 7.44. The molecule has 0 bridgehead atoms. The van der Waals surface area contributed by atoms with E-state index in [-0.39, 0.29) is 0 Å². The average Bonchev–Trinajstić information content (AvgIpc) is 2.66. The maximum Gasteiger partial charge on any atom is 0.0566 e. The van der Waals surface area contributed by atoms with Crippen LogP contribution < -0.4 is 5.73 Å². The van der Waals surface area contributed by atoms with E-state index >= 15 is 0 Å². The lowest BCUT2D eigenvalue weighted by atomic mass is 10.0. The zero-order chi connectivity index (χ0) is 13.0. The molecule has 2 nitrogen and oxygen atoms in total. The van der Waals surface area contributed by atoms with Gasteiger partial charge >= 0.3 is 0 Å². The standard InChI is InChI=1S/C15H26N2S/c1-12-9-10-18-15(12)14(11-16)17(2)13-7-5-3-4-6-8-13/h9-10,13-14H,3-8,11,16H2,1-2H3. The monoisotopic (exact) mass is 266 g/mol. The second-order valence-electron chi connectivity index (χ2n) is 5.53. The van der Waals surface area contributed by atoms with E-state index in [2.05, 4.69) is 30.3 Å². The predicted octanol–water partition coefficient (Wildman–Crippen LogP) is 3.71. The van der Waals surface area contributed by atoms with Gasteiger partial charge < -0.3 is 5.73 Å². The van der Waals surface area contributed by atoms with E-state index in [9.17, 15) is 0 Å². The SMILES string of the molecule is Cc1ccsc1C(CN)N(C)C1CCCCCC1. The molecule has 102 valence electrons. The fraction of sp³-hybridized carbons (Fsp3) is 0.733. The number of hydrogen-bond donors (Lipinski definition) is 1. The van der Waals surface area contributed by atoms with Gasteiger partial charge in [0, 0.05) is 17.5 Å². The van der Waals surface area contributed by atoms with Crippen LogP contribution in [0.5, 0.6) is 0 Å². The van der Waals surface area contributed by atoms with Crippen LogP contribution in [0.1, 0.15) is 55.0 Å². The first-order chi connectivity index (χ1) is 8.74. The lowest BCUT2D eigenvalue weighted by molar-refractivity contribution is 0.163. The van der Waals surface area contributed by atoms with Gasteiger partial charge in [0.25, 0.3) is 0 Å². The molecule has 2 rings (SSSR count). The highest BCUT2D eigenvalue weighted by Gasteiger charge is 2.25. The molecule has 0 aromatic carbocycles. The molecule has 1 fully saturated rings. The summed E-state index contributed by atoms with van der Waals surface area (Å²) < 4.78 is 0. The van der Waals surface area contributed by atoms with Crippen LogP contribution in [0.15, 0.2) is 11.4 Å². The number of likely N-dealkylation sites (N-methyl/N-ethyl adjacent to an activating group) is 1. The lowest BCUT2D eigenvalue weighted by Crippen LogP contribution is -2.38. The second-order valence-corrected chi connectivity index (χ2v) is 6.48. The molecule has 1 atom stereocenters. The van der Waals surface area contributed by atoms with Gasteiger partial charge in [0.1, 0.15) is 0 Å². The highest BCUT2D eigenvalue weighted by atomic mass is 32.1. The summed E-state index contributed by atoms with van der Waals surface area (Å²) in [4.78, 5) is 4.01. The maximum atomic E-state index is 6.04. The zero-order valence-corrected chi connectivity index (χ0v) is 12.5. The average molecular weight is 266 g/mol. The van der Waals surface area contributed by atoms with Gasteiger partial charge in [-0.2, -0.15) is 0 Å². The minimum atomic E-state index is 0.410. The number of rotatable bonds is 4. The summed E-state index contributed by atoms with van der Waals surface area (Å²) in [5, 5.41) is 2.19. The van der Waals surface area contributed by atoms with Crippen LogP contribution in [0.25, 0.3) is 0 Å². The predicted molar refractivity (Wildman–Crippen MR) is 80.1 cm³/mol. The van der Waals surface area contributed by atoms with E-state index in [0.717, 1.165) is 12.6 Å². The molecule has 0 radical (unpaired) electrons. The van der Waals surface area contributed by atoms with Gasteiger partial charge in [-0.05, 0) is 43.8 Å². The number of hydrogen-bond acceptors (Lipinski definition) is 3. The van der Waals surface area contributed by atoms with Crippen molar-refractivity contribution in [2.45, 2.75) is 57.5 Å². The Morgan fingerprint density at radius 2 is 2.00 bits per heavy atom. The molecule has 0 amide bonds. The third-order valence-electron chi connectivity index (χ3n) is 4.32. The Hall–Kier alpha value is -0.380. The summed E-state index contributed by atoms with van der Waals surface area (Å²) in [6.07, 6.45) is 8.28. The Morgan fingerprint density at radius 1 is 1.33 bits per heavy atom. The van der Waals surface area contributed by atoms with Crippen molar-refractivity contribution in [1.82, 2.24) is 4.90 Å². The molecule has 18 heavy (non-hydrogen) atoms. The fourth-order valence-electron chi connectivity index (χ4n) is 3.10. The molecular formula is C15H26N2S. The highest BCUT2D eigenvalue weighted by molar-refractivity contribution is 7.10. The third kappa shape index (κ3) is 3.14. The van der Waals surface area contributed by atoms with Crippen molar-refractivity contribution in [3.05, 3.63) is 21.9 Å². The first-order valence-electron chi connectivity index (χ1n) is 7.20. The molecule has 1 aromatic heterocycles. The molecule has 1 saturated carbocycles. The quantitative estimate of drug-likeness (QED) is 0.842. The van der Waals surface area contributed by atoms with Gasteiger partial charge in [-0.1, -0.05) is 25.7 Å². The number of thiophene rings is 1. The van der Waals surface area contributed by atoms with Crippen LogP contribution >= 0.6 is 11.3 Å². The highest BCUT2D eigenvalue weighted by Crippen LogP contribution is 2.31. The largest absolute Gasteiger partial charge is 0.329 e. The maximum absolute atomic E-state index is 6.04. The first kappa shape index (κ1) is 14.0. The summed E-state index contributed by atoms with van der Waals surface area (Å²) in [7, 11) is 2.27.